The lowest BCUT2D eigenvalue weighted by molar-refractivity contribution is -0.115. The van der Waals surface area contributed by atoms with Crippen molar-refractivity contribution in [2.75, 3.05) is 18.6 Å². The number of rotatable bonds is 4. The third-order valence-corrected chi connectivity index (χ3v) is 5.32. The molecule has 0 saturated carbocycles. The first-order chi connectivity index (χ1) is 14.1. The van der Waals surface area contributed by atoms with Crippen LogP contribution in [0, 0.1) is 0 Å². The zero-order valence-electron chi connectivity index (χ0n) is 15.9. The molecule has 29 heavy (non-hydrogen) atoms. The second-order valence-corrected chi connectivity index (χ2v) is 7.23. The summed E-state index contributed by atoms with van der Waals surface area (Å²) in [4.78, 5) is 31.0. The van der Waals surface area contributed by atoms with Gasteiger partial charge in [0.15, 0.2) is 10.9 Å². The fourth-order valence-corrected chi connectivity index (χ4v) is 3.91. The Morgan fingerprint density at radius 1 is 1.21 bits per heavy atom. The number of methoxy groups -OCH3 is 1. The molecule has 3 aromatic rings. The average molecular weight is 406 g/mol. The minimum atomic E-state index is -0.158. The second-order valence-electron chi connectivity index (χ2n) is 6.39. The van der Waals surface area contributed by atoms with Gasteiger partial charge in [0.05, 0.1) is 24.1 Å². The van der Waals surface area contributed by atoms with Crippen molar-refractivity contribution in [1.82, 2.24) is 4.98 Å². The Morgan fingerprint density at radius 2 is 1.97 bits per heavy atom. The van der Waals surface area contributed by atoms with Gasteiger partial charge in [-0.2, -0.15) is 0 Å². The number of anilines is 2. The Kier molecular flexibility index (Phi) is 5.14. The predicted molar refractivity (Wildman–Crippen MR) is 112 cm³/mol. The number of nitrogens with zero attached hydrogens (tertiary/aromatic N) is 2. The van der Waals surface area contributed by atoms with E-state index in [0.29, 0.717) is 39.1 Å². The van der Waals surface area contributed by atoms with Crippen LogP contribution in [0.4, 0.5) is 10.8 Å². The summed E-state index contributed by atoms with van der Waals surface area (Å²) in [6, 6.07) is 14.4. The molecule has 2 aromatic carbocycles. The van der Waals surface area contributed by atoms with Crippen molar-refractivity contribution < 1.29 is 19.1 Å². The summed E-state index contributed by atoms with van der Waals surface area (Å²) >= 11 is 1.33. The number of carbonyl (C=O) groups is 2. The molecule has 6 nitrogen and oxygen atoms in total. The van der Waals surface area contributed by atoms with E-state index in [9.17, 15) is 9.59 Å². The van der Waals surface area contributed by atoms with Gasteiger partial charge in [-0.3, -0.25) is 14.5 Å². The smallest absolute Gasteiger partial charge is 0.230 e. The number of ether oxygens (including phenoxy) is 2. The van der Waals surface area contributed by atoms with E-state index in [1.807, 2.05) is 17.5 Å². The minimum Gasteiger partial charge on any atom is -0.497 e. The normalized spacial score (nSPS) is 14.3. The molecule has 2 heterocycles. The largest absolute Gasteiger partial charge is 0.497 e. The highest BCUT2D eigenvalue weighted by molar-refractivity contribution is 7.14. The van der Waals surface area contributed by atoms with Crippen LogP contribution in [0.15, 0.2) is 59.5 Å². The Labute approximate surface area is 172 Å². The summed E-state index contributed by atoms with van der Waals surface area (Å²) in [6.45, 7) is 1.68. The maximum Gasteiger partial charge on any atom is 0.230 e. The number of hydrogen-bond donors (Lipinski definition) is 0. The van der Waals surface area contributed by atoms with E-state index in [1.165, 1.54) is 23.2 Å². The van der Waals surface area contributed by atoms with Crippen LogP contribution in [0.2, 0.25) is 0 Å². The lowest BCUT2D eigenvalue weighted by atomic mass is 10.00. The van der Waals surface area contributed by atoms with Crippen LogP contribution < -0.4 is 14.4 Å². The SMILES string of the molecule is COc1ccc(N(C(C)=O)c2nc(/C=C3\COc4ccccc4C3=O)cs2)cc1. The fraction of sp³-hybridized carbons (Fsp3) is 0.136. The number of ketones is 1. The van der Waals surface area contributed by atoms with Gasteiger partial charge in [0, 0.05) is 17.9 Å². The molecule has 0 radical (unpaired) electrons. The lowest BCUT2D eigenvalue weighted by Crippen LogP contribution is -2.22. The number of aromatic nitrogens is 1. The standard InChI is InChI=1S/C22H18N2O4S/c1-14(25)24(17-7-9-18(27-2)10-8-17)22-23-16(13-29-22)11-15-12-28-20-6-4-3-5-19(20)21(15)26/h3-11,13H,12H2,1-2H3/b15-11+. The second kappa shape index (κ2) is 7.89. The fourth-order valence-electron chi connectivity index (χ4n) is 3.06. The van der Waals surface area contributed by atoms with E-state index in [-0.39, 0.29) is 18.3 Å². The number of thiazole rings is 1. The molecule has 1 aliphatic rings. The highest BCUT2D eigenvalue weighted by Crippen LogP contribution is 2.32. The van der Waals surface area contributed by atoms with Crippen LogP contribution in [0.3, 0.4) is 0 Å². The molecule has 0 unspecified atom stereocenters. The zero-order valence-corrected chi connectivity index (χ0v) is 16.7. The highest BCUT2D eigenvalue weighted by atomic mass is 32.1. The highest BCUT2D eigenvalue weighted by Gasteiger charge is 2.23. The molecule has 0 atom stereocenters. The molecule has 0 N–H and O–H groups in total. The van der Waals surface area contributed by atoms with E-state index in [1.54, 1.807) is 49.6 Å². The number of benzene rings is 2. The average Bonchev–Trinajstić information content (AvgIpc) is 3.18. The summed E-state index contributed by atoms with van der Waals surface area (Å²) in [5.41, 5.74) is 2.37. The molecule has 0 saturated heterocycles. The number of hydrogen-bond acceptors (Lipinski definition) is 6. The van der Waals surface area contributed by atoms with Gasteiger partial charge in [0.1, 0.15) is 18.1 Å². The van der Waals surface area contributed by atoms with Gasteiger partial charge in [0.25, 0.3) is 0 Å². The van der Waals surface area contributed by atoms with Gasteiger partial charge in [-0.15, -0.1) is 11.3 Å². The molecular formula is C22H18N2O4S. The number of amides is 1. The predicted octanol–water partition coefficient (Wildman–Crippen LogP) is 4.50. The number of carbonyl (C=O) groups excluding carboxylic acids is 2. The monoisotopic (exact) mass is 406 g/mol. The third-order valence-electron chi connectivity index (χ3n) is 4.48. The number of Topliss-reactive ketones (excluding diaryl/α,β-unsaturated/α-hetero) is 1. The van der Waals surface area contributed by atoms with Crippen molar-refractivity contribution in [2.24, 2.45) is 0 Å². The molecule has 7 heteroatoms. The molecule has 1 aromatic heterocycles. The van der Waals surface area contributed by atoms with Gasteiger partial charge in [0.2, 0.25) is 5.91 Å². The molecule has 1 amide bonds. The maximum atomic E-state index is 12.7. The molecule has 0 bridgehead atoms. The van der Waals surface area contributed by atoms with Crippen LogP contribution in [-0.4, -0.2) is 30.4 Å². The summed E-state index contributed by atoms with van der Waals surface area (Å²) in [6.07, 6.45) is 1.71. The van der Waals surface area contributed by atoms with Gasteiger partial charge in [-0.05, 0) is 42.5 Å². The molecule has 1 aliphatic heterocycles. The first-order valence-corrected chi connectivity index (χ1v) is 9.82. The maximum absolute atomic E-state index is 12.7. The van der Waals surface area contributed by atoms with Crippen molar-refractivity contribution in [3.63, 3.8) is 0 Å². The Bertz CT molecular complexity index is 1100. The summed E-state index contributed by atoms with van der Waals surface area (Å²) < 4.78 is 10.8. The molecule has 0 fully saturated rings. The summed E-state index contributed by atoms with van der Waals surface area (Å²) in [7, 11) is 1.59. The van der Waals surface area contributed by atoms with Crippen molar-refractivity contribution >= 4 is 39.9 Å². The van der Waals surface area contributed by atoms with Gasteiger partial charge < -0.3 is 9.47 Å². The molecule has 146 valence electrons. The van der Waals surface area contributed by atoms with E-state index in [0.717, 1.165) is 0 Å². The molecule has 0 aliphatic carbocycles. The van der Waals surface area contributed by atoms with E-state index < -0.39 is 0 Å². The topological polar surface area (TPSA) is 68.7 Å². The van der Waals surface area contributed by atoms with Crippen LogP contribution in [0.25, 0.3) is 6.08 Å². The summed E-state index contributed by atoms with van der Waals surface area (Å²) in [5, 5.41) is 2.34. The number of para-hydroxylation sites is 1. The van der Waals surface area contributed by atoms with Crippen molar-refractivity contribution in [2.45, 2.75) is 6.92 Å². The van der Waals surface area contributed by atoms with E-state index in [2.05, 4.69) is 4.98 Å². The van der Waals surface area contributed by atoms with E-state index >= 15 is 0 Å². The summed E-state index contributed by atoms with van der Waals surface area (Å²) in [5.74, 6) is 1.07. The van der Waals surface area contributed by atoms with Crippen LogP contribution in [0.5, 0.6) is 11.5 Å². The minimum absolute atomic E-state index is 0.0695. The van der Waals surface area contributed by atoms with Gasteiger partial charge in [-0.1, -0.05) is 12.1 Å². The zero-order chi connectivity index (χ0) is 20.4. The van der Waals surface area contributed by atoms with E-state index in [4.69, 9.17) is 9.47 Å². The lowest BCUT2D eigenvalue weighted by Gasteiger charge is -2.18. The van der Waals surface area contributed by atoms with Crippen LogP contribution in [-0.2, 0) is 4.79 Å². The number of fused-ring (bicyclic) bond motifs is 1. The third kappa shape index (κ3) is 3.77. The Balaban J connectivity index is 1.62. The molecular weight excluding hydrogens is 388 g/mol. The van der Waals surface area contributed by atoms with Crippen LogP contribution >= 0.6 is 11.3 Å². The first kappa shape index (κ1) is 18.9. The first-order valence-electron chi connectivity index (χ1n) is 8.94. The molecule has 0 spiro atoms. The van der Waals surface area contributed by atoms with Crippen LogP contribution in [0.1, 0.15) is 23.0 Å². The van der Waals surface area contributed by atoms with Crippen molar-refractivity contribution in [3.8, 4) is 11.5 Å². The Hall–Kier alpha value is -3.45. The quantitative estimate of drug-likeness (QED) is 0.597. The van der Waals surface area contributed by atoms with Gasteiger partial charge >= 0.3 is 0 Å². The van der Waals surface area contributed by atoms with Crippen molar-refractivity contribution in [3.05, 3.63) is 70.7 Å². The van der Waals surface area contributed by atoms with Crippen molar-refractivity contribution in [1.29, 1.82) is 0 Å². The molecule has 4 rings (SSSR count). The van der Waals surface area contributed by atoms with Gasteiger partial charge in [-0.25, -0.2) is 4.98 Å². The Morgan fingerprint density at radius 3 is 2.69 bits per heavy atom.